The maximum Gasteiger partial charge on any atom is 0.313 e. The van der Waals surface area contributed by atoms with E-state index in [1.54, 1.807) is 19.1 Å². The molecule has 7 nitrogen and oxygen atoms in total. The molecule has 2 N–H and O–H groups in total. The highest BCUT2D eigenvalue weighted by Gasteiger charge is 2.26. The van der Waals surface area contributed by atoms with Gasteiger partial charge in [-0.3, -0.25) is 9.59 Å². The van der Waals surface area contributed by atoms with E-state index < -0.39 is 17.4 Å². The lowest BCUT2D eigenvalue weighted by molar-refractivity contribution is -0.137. The Morgan fingerprint density at radius 2 is 1.91 bits per heavy atom. The maximum absolute atomic E-state index is 12.0. The minimum Gasteiger partial charge on any atom is -0.495 e. The summed E-state index contributed by atoms with van der Waals surface area (Å²) in [6, 6.07) is 4.71. The van der Waals surface area contributed by atoms with Crippen molar-refractivity contribution < 1.29 is 23.8 Å². The molecule has 0 saturated heterocycles. The Labute approximate surface area is 140 Å². The zero-order valence-electron chi connectivity index (χ0n) is 13.6. The average molecular weight is 345 g/mol. The highest BCUT2D eigenvalue weighted by molar-refractivity contribution is 6.40. The summed E-state index contributed by atoms with van der Waals surface area (Å²) in [6.07, 6.45) is 0. The second-order valence-electron chi connectivity index (χ2n) is 5.07. The molecule has 0 aliphatic rings. The Morgan fingerprint density at radius 1 is 1.22 bits per heavy atom. The molecule has 1 aromatic rings. The fraction of sp³-hybridized carbons (Fsp3) is 0.467. The third kappa shape index (κ3) is 5.70. The van der Waals surface area contributed by atoms with Crippen molar-refractivity contribution in [2.75, 3.05) is 39.8 Å². The van der Waals surface area contributed by atoms with Crippen LogP contribution in [0.15, 0.2) is 18.2 Å². The van der Waals surface area contributed by atoms with E-state index in [2.05, 4.69) is 10.6 Å². The van der Waals surface area contributed by atoms with Crippen molar-refractivity contribution in [2.24, 2.45) is 0 Å². The third-order valence-corrected chi connectivity index (χ3v) is 3.42. The number of halogens is 1. The zero-order valence-corrected chi connectivity index (χ0v) is 14.3. The van der Waals surface area contributed by atoms with Crippen LogP contribution in [0.25, 0.3) is 0 Å². The first-order chi connectivity index (χ1) is 10.8. The monoisotopic (exact) mass is 344 g/mol. The maximum atomic E-state index is 12.0. The van der Waals surface area contributed by atoms with E-state index in [1.807, 2.05) is 0 Å². The van der Waals surface area contributed by atoms with E-state index in [0.29, 0.717) is 16.5 Å². The van der Waals surface area contributed by atoms with E-state index in [9.17, 15) is 9.59 Å². The summed E-state index contributed by atoms with van der Waals surface area (Å²) in [5.74, 6) is -1.23. The molecule has 0 radical (unpaired) electrons. The van der Waals surface area contributed by atoms with Crippen molar-refractivity contribution in [1.29, 1.82) is 0 Å². The molecular weight excluding hydrogens is 324 g/mol. The van der Waals surface area contributed by atoms with Gasteiger partial charge in [-0.15, -0.1) is 0 Å². The molecule has 1 aromatic carbocycles. The number of methoxy groups -OCH3 is 3. The predicted molar refractivity (Wildman–Crippen MR) is 86.9 cm³/mol. The number of ether oxygens (including phenoxy) is 3. The van der Waals surface area contributed by atoms with Gasteiger partial charge in [-0.1, -0.05) is 11.6 Å². The molecule has 0 heterocycles. The Kier molecular flexibility index (Phi) is 7.28. The SMILES string of the molecule is COCC(C)(CNC(=O)C(=O)Nc1cc(Cl)ccc1OC)OC. The van der Waals surface area contributed by atoms with Gasteiger partial charge in [0.2, 0.25) is 0 Å². The molecule has 0 saturated carbocycles. The van der Waals surface area contributed by atoms with Gasteiger partial charge in [0.25, 0.3) is 0 Å². The average Bonchev–Trinajstić information content (AvgIpc) is 2.53. The van der Waals surface area contributed by atoms with E-state index in [0.717, 1.165) is 0 Å². The van der Waals surface area contributed by atoms with Crippen LogP contribution in [0.3, 0.4) is 0 Å². The van der Waals surface area contributed by atoms with E-state index in [1.165, 1.54) is 27.4 Å². The number of carbonyl (C=O) groups is 2. The molecule has 0 bridgehead atoms. The van der Waals surface area contributed by atoms with Gasteiger partial charge in [-0.05, 0) is 25.1 Å². The predicted octanol–water partition coefficient (Wildman–Crippen LogP) is 1.45. The number of nitrogens with one attached hydrogen (secondary N) is 2. The highest BCUT2D eigenvalue weighted by Crippen LogP contribution is 2.27. The lowest BCUT2D eigenvalue weighted by atomic mass is 10.1. The van der Waals surface area contributed by atoms with Crippen LogP contribution in [0.2, 0.25) is 5.02 Å². The van der Waals surface area contributed by atoms with E-state index >= 15 is 0 Å². The number of hydrogen-bond donors (Lipinski definition) is 2. The van der Waals surface area contributed by atoms with Crippen LogP contribution in [0.5, 0.6) is 5.75 Å². The topological polar surface area (TPSA) is 85.9 Å². The van der Waals surface area contributed by atoms with Gasteiger partial charge in [0.05, 0.1) is 19.4 Å². The number of carbonyl (C=O) groups excluding carboxylic acids is 2. The Balaban J connectivity index is 2.68. The second kappa shape index (κ2) is 8.71. The molecule has 1 unspecified atom stereocenters. The van der Waals surface area contributed by atoms with Crippen molar-refractivity contribution in [3.05, 3.63) is 23.2 Å². The third-order valence-electron chi connectivity index (χ3n) is 3.18. The van der Waals surface area contributed by atoms with Crippen LogP contribution < -0.4 is 15.4 Å². The fourth-order valence-electron chi connectivity index (χ4n) is 1.79. The van der Waals surface area contributed by atoms with Crippen LogP contribution in [0, 0.1) is 0 Å². The number of hydrogen-bond acceptors (Lipinski definition) is 5. The van der Waals surface area contributed by atoms with Crippen molar-refractivity contribution in [3.63, 3.8) is 0 Å². The highest BCUT2D eigenvalue weighted by atomic mass is 35.5. The second-order valence-corrected chi connectivity index (χ2v) is 5.50. The van der Waals surface area contributed by atoms with Gasteiger partial charge in [0, 0.05) is 25.8 Å². The summed E-state index contributed by atoms with van der Waals surface area (Å²) in [5.41, 5.74) is -0.412. The lowest BCUT2D eigenvalue weighted by Gasteiger charge is -2.27. The van der Waals surface area contributed by atoms with Gasteiger partial charge < -0.3 is 24.8 Å². The number of benzene rings is 1. The summed E-state index contributed by atoms with van der Waals surface area (Å²) in [7, 11) is 4.48. The molecule has 1 atom stereocenters. The molecule has 2 amide bonds. The van der Waals surface area contributed by atoms with Crippen LogP contribution >= 0.6 is 11.6 Å². The van der Waals surface area contributed by atoms with Gasteiger partial charge in [0.15, 0.2) is 0 Å². The largest absolute Gasteiger partial charge is 0.495 e. The van der Waals surface area contributed by atoms with E-state index in [-0.39, 0.29) is 13.2 Å². The van der Waals surface area contributed by atoms with Crippen LogP contribution in [-0.4, -0.2) is 51.9 Å². The molecule has 23 heavy (non-hydrogen) atoms. The summed E-state index contributed by atoms with van der Waals surface area (Å²) in [6.45, 7) is 2.15. The molecule has 128 valence electrons. The Bertz CT molecular complexity index is 567. The van der Waals surface area contributed by atoms with Gasteiger partial charge in [-0.2, -0.15) is 0 Å². The van der Waals surface area contributed by atoms with Crippen molar-refractivity contribution in [3.8, 4) is 5.75 Å². The smallest absolute Gasteiger partial charge is 0.313 e. The minimum atomic E-state index is -0.832. The van der Waals surface area contributed by atoms with E-state index in [4.69, 9.17) is 25.8 Å². The number of anilines is 1. The van der Waals surface area contributed by atoms with Crippen molar-refractivity contribution >= 4 is 29.1 Å². The fourth-order valence-corrected chi connectivity index (χ4v) is 1.96. The van der Waals surface area contributed by atoms with Gasteiger partial charge in [0.1, 0.15) is 11.4 Å². The van der Waals surface area contributed by atoms with Crippen molar-refractivity contribution in [2.45, 2.75) is 12.5 Å². The number of rotatable bonds is 7. The standard InChI is InChI=1S/C15H21ClN2O5/c1-15(23-4,9-21-2)8-17-13(19)14(20)18-11-7-10(16)5-6-12(11)22-3/h5-7H,8-9H2,1-4H3,(H,17,19)(H,18,20). The molecule has 1 rings (SSSR count). The van der Waals surface area contributed by atoms with Gasteiger partial charge in [-0.25, -0.2) is 0 Å². The van der Waals surface area contributed by atoms with Crippen molar-refractivity contribution in [1.82, 2.24) is 5.32 Å². The quantitative estimate of drug-likeness (QED) is 0.731. The Hall–Kier alpha value is -1.83. The summed E-state index contributed by atoms with van der Waals surface area (Å²) in [4.78, 5) is 23.9. The van der Waals surface area contributed by atoms with Gasteiger partial charge >= 0.3 is 11.8 Å². The first-order valence-electron chi connectivity index (χ1n) is 6.82. The lowest BCUT2D eigenvalue weighted by Crippen LogP contribution is -2.48. The Morgan fingerprint density at radius 3 is 2.48 bits per heavy atom. The summed E-state index contributed by atoms with van der Waals surface area (Å²) < 4.78 is 15.4. The first-order valence-corrected chi connectivity index (χ1v) is 7.20. The minimum absolute atomic E-state index is 0.121. The summed E-state index contributed by atoms with van der Waals surface area (Å²) >= 11 is 5.87. The molecule has 0 aliphatic carbocycles. The molecule has 0 aliphatic heterocycles. The normalized spacial score (nSPS) is 13.1. The molecule has 0 aromatic heterocycles. The molecule has 0 fully saturated rings. The first kappa shape index (κ1) is 19.2. The number of amides is 2. The van der Waals surface area contributed by atoms with Crippen LogP contribution in [0.4, 0.5) is 5.69 Å². The summed E-state index contributed by atoms with van der Waals surface area (Å²) in [5, 5.41) is 5.37. The molecule has 0 spiro atoms. The van der Waals surface area contributed by atoms with Crippen LogP contribution in [-0.2, 0) is 19.1 Å². The van der Waals surface area contributed by atoms with Crippen LogP contribution in [0.1, 0.15) is 6.92 Å². The molecular formula is C15H21ClN2O5. The zero-order chi connectivity index (χ0) is 17.5. The molecule has 8 heteroatoms.